The number of nitrogens with zero attached hydrogens (tertiary/aromatic N) is 2. The van der Waals surface area contributed by atoms with Crippen LogP contribution in [-0.2, 0) is 29.3 Å². The van der Waals surface area contributed by atoms with Crippen LogP contribution in [0.2, 0.25) is 0 Å². The first-order chi connectivity index (χ1) is 37.5. The zero-order valence-corrected chi connectivity index (χ0v) is 52.3. The average Bonchev–Trinajstić information content (AvgIpc) is 3.77. The van der Waals surface area contributed by atoms with E-state index in [1.165, 1.54) is 234 Å². The summed E-state index contributed by atoms with van der Waals surface area (Å²) in [5.74, 6) is 13.9. The molecule has 0 bridgehead atoms. The molecular weight excluding hydrogens is 976 g/mol. The molecule has 0 amide bonds. The number of hydrogen-bond acceptors (Lipinski definition) is 0. The largest absolute Gasteiger partial charge is 2.00 e. The molecule has 3 heteroatoms. The van der Waals surface area contributed by atoms with Crippen LogP contribution in [0.1, 0.15) is 333 Å². The maximum atomic E-state index is 12.1. The van der Waals surface area contributed by atoms with Gasteiger partial charge in [-0.25, -0.2) is 4.70 Å². The molecule has 2 aromatic rings. The van der Waals surface area contributed by atoms with Crippen LogP contribution in [0.15, 0.2) is 72.3 Å². The molecule has 0 saturated carbocycles. The molecule has 1 aliphatic heterocycles. The van der Waals surface area contributed by atoms with Gasteiger partial charge in [-0.15, -0.1) is 23.7 Å². The summed E-state index contributed by atoms with van der Waals surface area (Å²) >= 11 is 0. The van der Waals surface area contributed by atoms with Crippen molar-refractivity contribution in [3.8, 4) is 23.7 Å². The van der Waals surface area contributed by atoms with E-state index >= 15 is 0 Å². The topological polar surface area (TPSA) is 25.3 Å². The molecule has 77 heavy (non-hydrogen) atoms. The predicted molar refractivity (Wildman–Crippen MR) is 341 cm³/mol. The molecule has 0 unspecified atom stereocenters. The number of aryl methyl sites for hydroxylation is 2. The molecule has 1 heterocycles. The second kappa shape index (κ2) is 57.6. The quantitative estimate of drug-likeness (QED) is 0.0208. The van der Waals surface area contributed by atoms with Gasteiger partial charge >= 0.3 is 16.5 Å². The fraction of sp³-hybridized carbons (Fsp3) is 0.676. The second-order valence-electron chi connectivity index (χ2n) is 22.0. The summed E-state index contributed by atoms with van der Waals surface area (Å²) in [5, 5.41) is 0. The summed E-state index contributed by atoms with van der Waals surface area (Å²) in [6, 6.07) is 17.3. The molecule has 0 radical (unpaired) electrons. The van der Waals surface area contributed by atoms with E-state index in [0.717, 1.165) is 98.7 Å². The maximum absolute atomic E-state index is 12.1. The van der Waals surface area contributed by atoms with Gasteiger partial charge in [0.2, 0.25) is 11.4 Å². The smallest absolute Gasteiger partial charge is 0.493 e. The molecular formula is C74H120N2Ni. The SMILES string of the molecule is CCCCCCC=CC1=C(c2ccccc2CCCC#CCCCCCCCCCCCCC)[N+](=[N-])C(c2ccccc2CCCC#CCCCCCCCCCCCCC)=C1.[CH2-]CCCCCC.[CH2-]CCCCCC.[Ni+2]. The van der Waals surface area contributed by atoms with Crippen LogP contribution in [0.3, 0.4) is 0 Å². The van der Waals surface area contributed by atoms with Crippen molar-refractivity contribution in [1.82, 2.24) is 0 Å². The Balaban J connectivity index is 0.00000337. The van der Waals surface area contributed by atoms with Crippen LogP contribution in [0.5, 0.6) is 0 Å². The number of benzene rings is 2. The minimum atomic E-state index is 0. The fourth-order valence-corrected chi connectivity index (χ4v) is 10.0. The number of rotatable bonds is 44. The first-order valence-electron chi connectivity index (χ1n) is 32.8. The van der Waals surface area contributed by atoms with Gasteiger partial charge in [0.15, 0.2) is 0 Å². The van der Waals surface area contributed by atoms with E-state index in [9.17, 15) is 5.53 Å². The van der Waals surface area contributed by atoms with Gasteiger partial charge in [0.1, 0.15) is 0 Å². The van der Waals surface area contributed by atoms with Gasteiger partial charge in [-0.2, -0.15) is 12.8 Å². The molecule has 436 valence electrons. The van der Waals surface area contributed by atoms with Crippen molar-refractivity contribution < 1.29 is 21.2 Å². The van der Waals surface area contributed by atoms with Crippen LogP contribution >= 0.6 is 0 Å². The molecule has 2 nitrogen and oxygen atoms in total. The van der Waals surface area contributed by atoms with E-state index in [0.29, 0.717) is 0 Å². The zero-order chi connectivity index (χ0) is 55.0. The Labute approximate surface area is 491 Å². The first kappa shape index (κ1) is 73.9. The summed E-state index contributed by atoms with van der Waals surface area (Å²) < 4.78 is 1.48. The Morgan fingerprint density at radius 1 is 0.403 bits per heavy atom. The average molecular weight is 1100 g/mol. The van der Waals surface area contributed by atoms with E-state index < -0.39 is 0 Å². The van der Waals surface area contributed by atoms with Gasteiger partial charge in [-0.05, 0) is 74.6 Å². The maximum Gasteiger partial charge on any atom is 2.00 e. The fourth-order valence-electron chi connectivity index (χ4n) is 10.0. The number of allylic oxidation sites excluding steroid dienone is 4. The van der Waals surface area contributed by atoms with Crippen LogP contribution in [-0.4, -0.2) is 4.70 Å². The Bertz CT molecular complexity index is 1860. The Hall–Kier alpha value is -3.13. The monoisotopic (exact) mass is 1090 g/mol. The molecule has 1 aliphatic rings. The van der Waals surface area contributed by atoms with Gasteiger partial charge in [0.25, 0.3) is 0 Å². The van der Waals surface area contributed by atoms with Crippen molar-refractivity contribution in [2.45, 2.75) is 324 Å². The van der Waals surface area contributed by atoms with Crippen molar-refractivity contribution in [2.75, 3.05) is 0 Å². The Morgan fingerprint density at radius 2 is 0.727 bits per heavy atom. The van der Waals surface area contributed by atoms with Crippen molar-refractivity contribution in [2.24, 2.45) is 0 Å². The van der Waals surface area contributed by atoms with Crippen molar-refractivity contribution in [1.29, 1.82) is 0 Å². The summed E-state index contributed by atoms with van der Waals surface area (Å²) in [6.07, 6.45) is 63.9. The van der Waals surface area contributed by atoms with E-state index in [-0.39, 0.29) is 16.5 Å². The Morgan fingerprint density at radius 3 is 1.13 bits per heavy atom. The minimum Gasteiger partial charge on any atom is -0.493 e. The van der Waals surface area contributed by atoms with Crippen LogP contribution in [0.4, 0.5) is 0 Å². The van der Waals surface area contributed by atoms with E-state index in [1.807, 2.05) is 0 Å². The third-order valence-corrected chi connectivity index (χ3v) is 14.9. The minimum absolute atomic E-state index is 0. The van der Waals surface area contributed by atoms with Gasteiger partial charge in [-0.3, -0.25) is 0 Å². The molecule has 0 aromatic heterocycles. The molecule has 0 atom stereocenters. The molecule has 0 spiro atoms. The summed E-state index contributed by atoms with van der Waals surface area (Å²) in [7, 11) is 0. The third kappa shape index (κ3) is 40.7. The van der Waals surface area contributed by atoms with Crippen LogP contribution in [0.25, 0.3) is 16.9 Å². The molecule has 0 N–H and O–H groups in total. The van der Waals surface area contributed by atoms with Crippen molar-refractivity contribution in [3.63, 3.8) is 0 Å². The summed E-state index contributed by atoms with van der Waals surface area (Å²) in [6.45, 7) is 18.8. The first-order valence-corrected chi connectivity index (χ1v) is 32.8. The molecule has 0 aliphatic carbocycles. The van der Waals surface area contributed by atoms with E-state index in [1.54, 1.807) is 0 Å². The standard InChI is InChI=1S/C60H90N2.2C7H15.Ni/c1-4-7-10-13-16-18-20-22-24-26-28-30-32-34-37-39-46-54-48-42-44-51-57(54)59-53-56(50-41-36-15-12-9-6-3)60(62(59)61)58-52-45-43-49-55(58)47-40-38-35-33-31-29-27-25-23-21-19-17-14-11-8-5-2;2*1-3-5-7-6-4-2;/h41-45,48-53H,4-31,36-40,46-47H2,1-3H3;2*1,3-7H2,2H3;/q;2*-1;+2. The normalized spacial score (nSPS) is 11.8. The van der Waals surface area contributed by atoms with Crippen LogP contribution in [0, 0.1) is 37.5 Å². The number of unbranched alkanes of at least 4 members (excludes halogenated alkanes) is 36. The second-order valence-corrected chi connectivity index (χ2v) is 22.0. The van der Waals surface area contributed by atoms with E-state index in [4.69, 9.17) is 0 Å². The molecule has 0 saturated heterocycles. The zero-order valence-electron chi connectivity index (χ0n) is 51.3. The van der Waals surface area contributed by atoms with Gasteiger partial charge in [0.05, 0.1) is 5.57 Å². The van der Waals surface area contributed by atoms with Crippen molar-refractivity contribution >= 4 is 11.4 Å². The molecule has 2 aromatic carbocycles. The van der Waals surface area contributed by atoms with Gasteiger partial charge < -0.3 is 19.4 Å². The van der Waals surface area contributed by atoms with Gasteiger partial charge in [-0.1, -0.05) is 282 Å². The molecule has 0 fully saturated rings. The third-order valence-electron chi connectivity index (χ3n) is 14.9. The van der Waals surface area contributed by atoms with Crippen LogP contribution < -0.4 is 0 Å². The summed E-state index contributed by atoms with van der Waals surface area (Å²) in [5.41, 5.74) is 19.7. The summed E-state index contributed by atoms with van der Waals surface area (Å²) in [4.78, 5) is 0. The van der Waals surface area contributed by atoms with Crippen molar-refractivity contribution in [3.05, 3.63) is 114 Å². The van der Waals surface area contributed by atoms with E-state index in [2.05, 4.69) is 139 Å². The number of hydrogen-bond donors (Lipinski definition) is 0. The molecule has 3 rings (SSSR count). The Kier molecular flexibility index (Phi) is 55.2. The van der Waals surface area contributed by atoms with Gasteiger partial charge in [0, 0.05) is 42.9 Å². The predicted octanol–water partition coefficient (Wildman–Crippen LogP) is 24.6.